The number of carbonyl (C=O) groups is 1. The highest BCUT2D eigenvalue weighted by atomic mass is 35.5. The monoisotopic (exact) mass is 343 g/mol. The van der Waals surface area contributed by atoms with E-state index in [0.717, 1.165) is 10.8 Å². The Morgan fingerprint density at radius 2 is 1.96 bits per heavy atom. The van der Waals surface area contributed by atoms with E-state index in [1.165, 1.54) is 18.2 Å². The second kappa shape index (κ2) is 6.89. The third-order valence-corrected chi connectivity index (χ3v) is 3.88. The lowest BCUT2D eigenvalue weighted by atomic mass is 10.0. The molecule has 0 atom stereocenters. The molecule has 0 saturated heterocycles. The van der Waals surface area contributed by atoms with Crippen molar-refractivity contribution in [2.75, 3.05) is 11.9 Å². The lowest BCUT2D eigenvalue weighted by Gasteiger charge is -2.13. The normalized spacial score (nSPS) is 10.6. The molecule has 24 heavy (non-hydrogen) atoms. The van der Waals surface area contributed by atoms with Crippen LogP contribution >= 0.6 is 11.6 Å². The summed E-state index contributed by atoms with van der Waals surface area (Å²) in [5.41, 5.74) is 0.859. The maximum absolute atomic E-state index is 13.3. The number of halogens is 2. The molecule has 0 aliphatic rings. The summed E-state index contributed by atoms with van der Waals surface area (Å²) in [5, 5.41) is 4.42. The highest BCUT2D eigenvalue weighted by Crippen LogP contribution is 2.29. The van der Waals surface area contributed by atoms with Crippen LogP contribution in [0.4, 0.5) is 10.1 Å². The fraction of sp³-hybridized carbons (Fsp3) is 0.105. The molecule has 0 bridgehead atoms. The molecular formula is C19H15ClFNO2. The van der Waals surface area contributed by atoms with Gasteiger partial charge in [-0.15, -0.1) is 0 Å². The van der Waals surface area contributed by atoms with Crippen LogP contribution in [-0.4, -0.2) is 12.5 Å². The lowest BCUT2D eigenvalue weighted by Crippen LogP contribution is -2.14. The molecule has 0 aromatic heterocycles. The number of rotatable bonds is 4. The summed E-state index contributed by atoms with van der Waals surface area (Å²) in [6.45, 7) is 2.30. The van der Waals surface area contributed by atoms with Gasteiger partial charge in [-0.3, -0.25) is 4.79 Å². The van der Waals surface area contributed by atoms with Gasteiger partial charge in [-0.25, -0.2) is 4.39 Å². The highest BCUT2D eigenvalue weighted by Gasteiger charge is 2.17. The predicted molar refractivity (Wildman–Crippen MR) is 94.5 cm³/mol. The molecular weight excluding hydrogens is 329 g/mol. The van der Waals surface area contributed by atoms with Gasteiger partial charge in [0, 0.05) is 5.69 Å². The van der Waals surface area contributed by atoms with Gasteiger partial charge in [-0.05, 0) is 42.0 Å². The smallest absolute Gasteiger partial charge is 0.260 e. The van der Waals surface area contributed by atoms with E-state index in [4.69, 9.17) is 16.3 Å². The van der Waals surface area contributed by atoms with E-state index in [2.05, 4.69) is 5.32 Å². The Morgan fingerprint density at radius 1 is 1.17 bits per heavy atom. The number of anilines is 1. The van der Waals surface area contributed by atoms with Crippen molar-refractivity contribution in [3.8, 4) is 5.75 Å². The van der Waals surface area contributed by atoms with E-state index in [1.54, 1.807) is 6.07 Å². The molecule has 3 aromatic carbocycles. The van der Waals surface area contributed by atoms with Crippen molar-refractivity contribution in [3.63, 3.8) is 0 Å². The zero-order chi connectivity index (χ0) is 17.1. The van der Waals surface area contributed by atoms with Gasteiger partial charge in [0.2, 0.25) is 0 Å². The quantitative estimate of drug-likeness (QED) is 0.699. The number of hydrogen-bond acceptors (Lipinski definition) is 2. The summed E-state index contributed by atoms with van der Waals surface area (Å²) >= 11 is 5.77. The van der Waals surface area contributed by atoms with Crippen LogP contribution in [0.1, 0.15) is 17.3 Å². The average molecular weight is 344 g/mol. The van der Waals surface area contributed by atoms with E-state index in [-0.39, 0.29) is 10.9 Å². The van der Waals surface area contributed by atoms with E-state index >= 15 is 0 Å². The van der Waals surface area contributed by atoms with Crippen LogP contribution in [0.15, 0.2) is 54.6 Å². The zero-order valence-corrected chi connectivity index (χ0v) is 13.7. The van der Waals surface area contributed by atoms with Crippen molar-refractivity contribution in [1.82, 2.24) is 0 Å². The van der Waals surface area contributed by atoms with Crippen molar-refractivity contribution in [1.29, 1.82) is 0 Å². The molecule has 0 aliphatic heterocycles. The highest BCUT2D eigenvalue weighted by molar-refractivity contribution is 6.31. The minimum atomic E-state index is -0.533. The predicted octanol–water partition coefficient (Wildman–Crippen LogP) is 5.28. The van der Waals surface area contributed by atoms with Crippen molar-refractivity contribution in [2.24, 2.45) is 0 Å². The fourth-order valence-corrected chi connectivity index (χ4v) is 2.71. The molecule has 0 aliphatic carbocycles. The summed E-state index contributed by atoms with van der Waals surface area (Å²) in [7, 11) is 0. The summed E-state index contributed by atoms with van der Waals surface area (Å²) in [4.78, 5) is 12.8. The van der Waals surface area contributed by atoms with Gasteiger partial charge in [0.25, 0.3) is 5.91 Å². The molecule has 0 fully saturated rings. The molecule has 1 amide bonds. The fourth-order valence-electron chi connectivity index (χ4n) is 2.53. The largest absolute Gasteiger partial charge is 0.493 e. The Morgan fingerprint density at radius 3 is 2.71 bits per heavy atom. The molecule has 5 heteroatoms. The molecule has 0 unspecified atom stereocenters. The summed E-state index contributed by atoms with van der Waals surface area (Å²) in [6, 6.07) is 15.3. The molecule has 3 rings (SSSR count). The Balaban J connectivity index is 2.04. The molecule has 3 nitrogen and oxygen atoms in total. The van der Waals surface area contributed by atoms with Crippen molar-refractivity contribution in [2.45, 2.75) is 6.92 Å². The Bertz CT molecular complexity index is 911. The second-order valence-electron chi connectivity index (χ2n) is 5.18. The van der Waals surface area contributed by atoms with Gasteiger partial charge in [-0.1, -0.05) is 41.9 Å². The number of fused-ring (bicyclic) bond motifs is 1. The number of nitrogens with one attached hydrogen (secondary N) is 1. The molecule has 3 aromatic rings. The number of ether oxygens (including phenoxy) is 1. The summed E-state index contributed by atoms with van der Waals surface area (Å²) < 4.78 is 18.9. The van der Waals surface area contributed by atoms with Gasteiger partial charge in [0.1, 0.15) is 11.6 Å². The van der Waals surface area contributed by atoms with Crippen LogP contribution in [-0.2, 0) is 0 Å². The minimum absolute atomic E-state index is 0.0456. The third kappa shape index (κ3) is 3.19. The number of hydrogen-bond donors (Lipinski definition) is 1. The van der Waals surface area contributed by atoms with Gasteiger partial charge < -0.3 is 10.1 Å². The van der Waals surface area contributed by atoms with Crippen LogP contribution in [0, 0.1) is 5.82 Å². The van der Waals surface area contributed by atoms with E-state index < -0.39 is 5.82 Å². The van der Waals surface area contributed by atoms with Crippen LogP contribution in [0.3, 0.4) is 0 Å². The Hall–Kier alpha value is -2.59. The number of benzene rings is 3. The molecule has 1 N–H and O–H groups in total. The molecule has 0 saturated carbocycles. The van der Waals surface area contributed by atoms with Crippen LogP contribution in [0.25, 0.3) is 10.8 Å². The lowest BCUT2D eigenvalue weighted by molar-refractivity contribution is 0.102. The number of carbonyl (C=O) groups excluding carboxylic acids is 1. The zero-order valence-electron chi connectivity index (χ0n) is 13.0. The summed E-state index contributed by atoms with van der Waals surface area (Å²) in [6.07, 6.45) is 0. The third-order valence-electron chi connectivity index (χ3n) is 3.60. The van der Waals surface area contributed by atoms with Crippen LogP contribution < -0.4 is 10.1 Å². The first-order valence-electron chi connectivity index (χ1n) is 7.51. The second-order valence-corrected chi connectivity index (χ2v) is 5.58. The van der Waals surface area contributed by atoms with Crippen molar-refractivity contribution < 1.29 is 13.9 Å². The molecule has 0 spiro atoms. The van der Waals surface area contributed by atoms with Gasteiger partial charge >= 0.3 is 0 Å². The molecule has 122 valence electrons. The van der Waals surface area contributed by atoms with E-state index in [1.807, 2.05) is 37.3 Å². The van der Waals surface area contributed by atoms with Crippen molar-refractivity contribution in [3.05, 3.63) is 71.0 Å². The van der Waals surface area contributed by atoms with Gasteiger partial charge in [0.15, 0.2) is 0 Å². The standard InChI is InChI=1S/C19H15ClFNO2/c1-2-24-17-10-7-12-5-3-4-6-14(12)18(17)19(23)22-13-8-9-16(21)15(20)11-13/h3-11H,2H2,1H3,(H,22,23). The van der Waals surface area contributed by atoms with Gasteiger partial charge in [0.05, 0.1) is 17.2 Å². The van der Waals surface area contributed by atoms with E-state index in [9.17, 15) is 9.18 Å². The first-order valence-corrected chi connectivity index (χ1v) is 7.89. The average Bonchev–Trinajstić information content (AvgIpc) is 2.58. The topological polar surface area (TPSA) is 38.3 Å². The summed E-state index contributed by atoms with van der Waals surface area (Å²) in [5.74, 6) is -0.366. The SMILES string of the molecule is CCOc1ccc2ccccc2c1C(=O)Nc1ccc(F)c(Cl)c1. The van der Waals surface area contributed by atoms with Crippen molar-refractivity contribution >= 4 is 34.0 Å². The molecule has 0 heterocycles. The maximum Gasteiger partial charge on any atom is 0.260 e. The number of amides is 1. The minimum Gasteiger partial charge on any atom is -0.493 e. The Kier molecular flexibility index (Phi) is 4.67. The van der Waals surface area contributed by atoms with Crippen LogP contribution in [0.2, 0.25) is 5.02 Å². The first-order chi connectivity index (χ1) is 11.6. The van der Waals surface area contributed by atoms with Gasteiger partial charge in [-0.2, -0.15) is 0 Å². The van der Waals surface area contributed by atoms with E-state index in [0.29, 0.717) is 23.6 Å². The first kappa shape index (κ1) is 16.3. The Labute approximate surface area is 144 Å². The maximum atomic E-state index is 13.3. The molecule has 0 radical (unpaired) electrons. The van der Waals surface area contributed by atoms with Crippen LogP contribution in [0.5, 0.6) is 5.75 Å².